The Bertz CT molecular complexity index is 175. The Hall–Kier alpha value is -0.120. The first-order valence-corrected chi connectivity index (χ1v) is 6.53. The van der Waals surface area contributed by atoms with Crippen molar-refractivity contribution in [2.75, 3.05) is 13.7 Å². The van der Waals surface area contributed by atoms with Crippen molar-refractivity contribution in [2.24, 2.45) is 0 Å². The van der Waals surface area contributed by atoms with Crippen molar-refractivity contribution in [3.63, 3.8) is 0 Å². The summed E-state index contributed by atoms with van der Waals surface area (Å²) in [4.78, 5) is 0. The molecule has 0 radical (unpaired) electrons. The van der Waals surface area contributed by atoms with Gasteiger partial charge < -0.3 is 14.6 Å². The van der Waals surface area contributed by atoms with Crippen LogP contribution < -0.4 is 0 Å². The molecule has 2 atom stereocenters. The molecule has 1 saturated heterocycles. The molecule has 0 spiro atoms. The van der Waals surface area contributed by atoms with Crippen LogP contribution in [0.2, 0.25) is 0 Å². The summed E-state index contributed by atoms with van der Waals surface area (Å²) in [5, 5.41) is 10.2. The summed E-state index contributed by atoms with van der Waals surface area (Å²) in [5.74, 6) is 0. The number of methoxy groups -OCH3 is 1. The summed E-state index contributed by atoms with van der Waals surface area (Å²) in [5.41, 5.74) is -0.362. The average Bonchev–Trinajstić information content (AvgIpc) is 2.82. The van der Waals surface area contributed by atoms with Crippen LogP contribution in [-0.2, 0) is 9.47 Å². The monoisotopic (exact) mass is 230 g/mol. The number of hydrogen-bond acceptors (Lipinski definition) is 3. The summed E-state index contributed by atoms with van der Waals surface area (Å²) < 4.78 is 11.1. The predicted molar refractivity (Wildman–Crippen MR) is 64.5 cm³/mol. The van der Waals surface area contributed by atoms with Gasteiger partial charge in [0.1, 0.15) is 0 Å². The molecular formula is C13H26O3. The van der Waals surface area contributed by atoms with Crippen LogP contribution in [0.4, 0.5) is 0 Å². The van der Waals surface area contributed by atoms with Gasteiger partial charge in [0.15, 0.2) is 0 Å². The molecule has 1 rings (SSSR count). The number of aliphatic hydroxyl groups excluding tert-OH is 1. The number of ether oxygens (including phenoxy) is 2. The molecule has 0 aliphatic carbocycles. The summed E-state index contributed by atoms with van der Waals surface area (Å²) in [6, 6.07) is 0. The normalized spacial score (nSPS) is 23.6. The minimum atomic E-state index is -0.378. The van der Waals surface area contributed by atoms with E-state index in [0.29, 0.717) is 6.10 Å². The van der Waals surface area contributed by atoms with E-state index in [1.165, 1.54) is 0 Å². The van der Waals surface area contributed by atoms with Gasteiger partial charge in [-0.05, 0) is 38.5 Å². The first kappa shape index (κ1) is 13.9. The molecule has 1 aliphatic rings. The number of rotatable bonds is 7. The van der Waals surface area contributed by atoms with Crippen molar-refractivity contribution in [1.82, 2.24) is 0 Å². The molecule has 96 valence electrons. The first-order chi connectivity index (χ1) is 7.68. The SMILES string of the molecule is CCC(CC)(OC)C(O)CCC1CCCO1. The minimum Gasteiger partial charge on any atom is -0.390 e. The molecule has 0 aromatic rings. The lowest BCUT2D eigenvalue weighted by Crippen LogP contribution is -2.43. The highest BCUT2D eigenvalue weighted by Crippen LogP contribution is 2.28. The Morgan fingerprint density at radius 3 is 2.56 bits per heavy atom. The van der Waals surface area contributed by atoms with Crippen molar-refractivity contribution >= 4 is 0 Å². The van der Waals surface area contributed by atoms with Gasteiger partial charge in [0.2, 0.25) is 0 Å². The van der Waals surface area contributed by atoms with Gasteiger partial charge in [-0.2, -0.15) is 0 Å². The molecule has 0 aromatic carbocycles. The van der Waals surface area contributed by atoms with E-state index in [9.17, 15) is 5.11 Å². The lowest BCUT2D eigenvalue weighted by atomic mass is 9.87. The second-order valence-corrected chi connectivity index (χ2v) is 4.70. The largest absolute Gasteiger partial charge is 0.390 e. The third kappa shape index (κ3) is 3.19. The highest BCUT2D eigenvalue weighted by molar-refractivity contribution is 4.86. The van der Waals surface area contributed by atoms with Crippen LogP contribution in [0.15, 0.2) is 0 Å². The standard InChI is InChI=1S/C13H26O3/c1-4-13(5-2,15-3)12(14)9-8-11-7-6-10-16-11/h11-12,14H,4-10H2,1-3H3. The summed E-state index contributed by atoms with van der Waals surface area (Å²) in [6.45, 7) is 5.03. The van der Waals surface area contributed by atoms with Crippen LogP contribution in [0.5, 0.6) is 0 Å². The highest BCUT2D eigenvalue weighted by atomic mass is 16.5. The summed E-state index contributed by atoms with van der Waals surface area (Å²) >= 11 is 0. The highest BCUT2D eigenvalue weighted by Gasteiger charge is 2.34. The zero-order chi connectivity index (χ0) is 12.0. The molecule has 3 heteroatoms. The molecule has 0 amide bonds. The van der Waals surface area contributed by atoms with Crippen molar-refractivity contribution in [3.8, 4) is 0 Å². The first-order valence-electron chi connectivity index (χ1n) is 6.53. The predicted octanol–water partition coefficient (Wildman–Crippen LogP) is 2.51. The molecule has 1 N–H and O–H groups in total. The van der Waals surface area contributed by atoms with Crippen LogP contribution in [0.3, 0.4) is 0 Å². The molecule has 1 aliphatic heterocycles. The van der Waals surface area contributed by atoms with Crippen LogP contribution in [0.25, 0.3) is 0 Å². The maximum absolute atomic E-state index is 10.2. The topological polar surface area (TPSA) is 38.7 Å². The second kappa shape index (κ2) is 6.58. The van der Waals surface area contributed by atoms with Crippen molar-refractivity contribution in [1.29, 1.82) is 0 Å². The fourth-order valence-corrected chi connectivity index (χ4v) is 2.62. The average molecular weight is 230 g/mol. The molecule has 3 nitrogen and oxygen atoms in total. The van der Waals surface area contributed by atoms with Crippen LogP contribution in [-0.4, -0.2) is 36.6 Å². The van der Waals surface area contributed by atoms with E-state index in [1.807, 2.05) is 0 Å². The molecule has 0 bridgehead atoms. The van der Waals surface area contributed by atoms with Gasteiger partial charge in [-0.25, -0.2) is 0 Å². The van der Waals surface area contributed by atoms with Crippen molar-refractivity contribution < 1.29 is 14.6 Å². The van der Waals surface area contributed by atoms with Crippen LogP contribution >= 0.6 is 0 Å². The molecule has 2 unspecified atom stereocenters. The van der Waals surface area contributed by atoms with E-state index in [0.717, 1.165) is 45.1 Å². The lowest BCUT2D eigenvalue weighted by molar-refractivity contribution is -0.112. The van der Waals surface area contributed by atoms with Gasteiger partial charge in [-0.3, -0.25) is 0 Å². The fraction of sp³-hybridized carbons (Fsp3) is 1.00. The van der Waals surface area contributed by atoms with Crippen molar-refractivity contribution in [2.45, 2.75) is 70.2 Å². The molecule has 1 fully saturated rings. The Labute approximate surface area is 99.1 Å². The Morgan fingerprint density at radius 1 is 1.44 bits per heavy atom. The Morgan fingerprint density at radius 2 is 2.12 bits per heavy atom. The summed E-state index contributed by atoms with van der Waals surface area (Å²) in [6.07, 6.45) is 5.73. The van der Waals surface area contributed by atoms with Crippen molar-refractivity contribution in [3.05, 3.63) is 0 Å². The smallest absolute Gasteiger partial charge is 0.0931 e. The van der Waals surface area contributed by atoms with Gasteiger partial charge in [0.25, 0.3) is 0 Å². The fourth-order valence-electron chi connectivity index (χ4n) is 2.62. The summed E-state index contributed by atoms with van der Waals surface area (Å²) in [7, 11) is 1.70. The van der Waals surface area contributed by atoms with E-state index >= 15 is 0 Å². The Kier molecular flexibility index (Phi) is 5.73. The van der Waals surface area contributed by atoms with E-state index in [4.69, 9.17) is 9.47 Å². The third-order valence-corrected chi connectivity index (χ3v) is 4.00. The van der Waals surface area contributed by atoms with Crippen LogP contribution in [0, 0.1) is 0 Å². The van der Waals surface area contributed by atoms with E-state index in [1.54, 1.807) is 7.11 Å². The second-order valence-electron chi connectivity index (χ2n) is 4.70. The van der Waals surface area contributed by atoms with Gasteiger partial charge in [0, 0.05) is 13.7 Å². The van der Waals surface area contributed by atoms with E-state index in [-0.39, 0.29) is 11.7 Å². The quantitative estimate of drug-likeness (QED) is 0.730. The molecule has 1 heterocycles. The van der Waals surface area contributed by atoms with Gasteiger partial charge in [-0.1, -0.05) is 13.8 Å². The molecule has 0 aromatic heterocycles. The van der Waals surface area contributed by atoms with Gasteiger partial charge >= 0.3 is 0 Å². The molecular weight excluding hydrogens is 204 g/mol. The number of aliphatic hydroxyl groups is 1. The lowest BCUT2D eigenvalue weighted by Gasteiger charge is -2.35. The number of hydrogen-bond donors (Lipinski definition) is 1. The maximum Gasteiger partial charge on any atom is 0.0931 e. The minimum absolute atomic E-state index is 0.359. The third-order valence-electron chi connectivity index (χ3n) is 4.00. The Balaban J connectivity index is 2.38. The van der Waals surface area contributed by atoms with Gasteiger partial charge in [-0.15, -0.1) is 0 Å². The molecule has 0 saturated carbocycles. The molecule has 16 heavy (non-hydrogen) atoms. The zero-order valence-corrected chi connectivity index (χ0v) is 10.9. The van der Waals surface area contributed by atoms with Crippen LogP contribution in [0.1, 0.15) is 52.4 Å². The van der Waals surface area contributed by atoms with Gasteiger partial charge in [0.05, 0.1) is 17.8 Å². The van der Waals surface area contributed by atoms with E-state index in [2.05, 4.69) is 13.8 Å². The maximum atomic E-state index is 10.2. The van der Waals surface area contributed by atoms with E-state index < -0.39 is 0 Å². The zero-order valence-electron chi connectivity index (χ0n) is 10.9.